The van der Waals surface area contributed by atoms with Crippen LogP contribution in [0, 0.1) is 0 Å². The highest BCUT2D eigenvalue weighted by Gasteiger charge is 2.27. The first kappa shape index (κ1) is 15.3. The van der Waals surface area contributed by atoms with Gasteiger partial charge in [-0.1, -0.05) is 42.5 Å². The Bertz CT molecular complexity index is 677. The maximum absolute atomic E-state index is 12.6. The number of hydrogen-bond donors (Lipinski definition) is 0. The molecule has 1 aliphatic rings. The van der Waals surface area contributed by atoms with E-state index in [2.05, 4.69) is 12.2 Å². The van der Waals surface area contributed by atoms with Crippen molar-refractivity contribution < 1.29 is 9.53 Å². The lowest BCUT2D eigenvalue weighted by molar-refractivity contribution is 0.0762. The van der Waals surface area contributed by atoms with Crippen LogP contribution in [0.25, 0.3) is 6.08 Å². The summed E-state index contributed by atoms with van der Waals surface area (Å²) in [6.07, 6.45) is 6.29. The minimum Gasteiger partial charge on any atom is -0.497 e. The molecule has 0 bridgehead atoms. The predicted octanol–water partition coefficient (Wildman–Crippen LogP) is 4.01. The molecule has 0 radical (unpaired) electrons. The molecule has 3 nitrogen and oxygen atoms in total. The predicted molar refractivity (Wildman–Crippen MR) is 92.5 cm³/mol. The number of hydrogen-bond acceptors (Lipinski definition) is 2. The number of carbonyl (C=O) groups excluding carboxylic acids is 1. The van der Waals surface area contributed by atoms with E-state index in [1.807, 2.05) is 59.5 Å². The van der Waals surface area contributed by atoms with E-state index in [9.17, 15) is 4.79 Å². The first-order chi connectivity index (χ1) is 11.3. The summed E-state index contributed by atoms with van der Waals surface area (Å²) in [6.45, 7) is 0.825. The van der Waals surface area contributed by atoms with Gasteiger partial charge in [0.05, 0.1) is 13.2 Å². The second kappa shape index (κ2) is 7.14. The van der Waals surface area contributed by atoms with Crippen molar-refractivity contribution >= 4 is 12.0 Å². The van der Waals surface area contributed by atoms with E-state index in [1.54, 1.807) is 7.11 Å². The Labute approximate surface area is 137 Å². The van der Waals surface area contributed by atoms with Crippen LogP contribution >= 0.6 is 0 Å². The van der Waals surface area contributed by atoms with Crippen LogP contribution in [0.4, 0.5) is 0 Å². The van der Waals surface area contributed by atoms with Crippen molar-refractivity contribution in [2.75, 3.05) is 13.7 Å². The first-order valence-corrected chi connectivity index (χ1v) is 7.96. The molecule has 1 saturated heterocycles. The van der Waals surface area contributed by atoms with Crippen molar-refractivity contribution in [3.05, 3.63) is 71.8 Å². The van der Waals surface area contributed by atoms with Gasteiger partial charge in [-0.2, -0.15) is 0 Å². The zero-order valence-corrected chi connectivity index (χ0v) is 13.3. The van der Waals surface area contributed by atoms with Crippen LogP contribution in [0.2, 0.25) is 0 Å². The Morgan fingerprint density at radius 1 is 1.13 bits per heavy atom. The molecule has 1 fully saturated rings. The lowest BCUT2D eigenvalue weighted by atomic mass is 10.1. The lowest BCUT2D eigenvalue weighted by Gasteiger charge is -2.22. The number of ether oxygens (including phenoxy) is 1. The third-order valence-electron chi connectivity index (χ3n) is 4.21. The van der Waals surface area contributed by atoms with Crippen LogP contribution in [0.3, 0.4) is 0 Å². The Kier molecular flexibility index (Phi) is 4.77. The minimum atomic E-state index is 0.118. The summed E-state index contributed by atoms with van der Waals surface area (Å²) in [6, 6.07) is 17.6. The number of rotatable bonds is 4. The molecule has 3 rings (SSSR count). The topological polar surface area (TPSA) is 29.5 Å². The van der Waals surface area contributed by atoms with Crippen LogP contribution in [-0.2, 0) is 0 Å². The molecule has 0 spiro atoms. The monoisotopic (exact) mass is 307 g/mol. The number of methoxy groups -OCH3 is 1. The van der Waals surface area contributed by atoms with Crippen LogP contribution < -0.4 is 4.74 Å². The highest BCUT2D eigenvalue weighted by atomic mass is 16.5. The second-order valence-corrected chi connectivity index (χ2v) is 5.71. The van der Waals surface area contributed by atoms with Crippen LogP contribution in [0.1, 0.15) is 28.8 Å². The summed E-state index contributed by atoms with van der Waals surface area (Å²) in [5, 5.41) is 0. The molecule has 3 heteroatoms. The molecule has 2 aromatic rings. The van der Waals surface area contributed by atoms with Crippen LogP contribution in [0.15, 0.2) is 60.7 Å². The Balaban J connectivity index is 1.71. The van der Waals surface area contributed by atoms with Crippen molar-refractivity contribution in [3.8, 4) is 5.75 Å². The van der Waals surface area contributed by atoms with Gasteiger partial charge in [0.15, 0.2) is 0 Å². The Hall–Kier alpha value is -2.55. The number of benzene rings is 2. The molecule has 1 aliphatic heterocycles. The van der Waals surface area contributed by atoms with Gasteiger partial charge in [-0.3, -0.25) is 4.79 Å². The maximum Gasteiger partial charge on any atom is 0.254 e. The quantitative estimate of drug-likeness (QED) is 0.854. The third-order valence-corrected chi connectivity index (χ3v) is 4.21. The molecule has 0 saturated carbocycles. The van der Waals surface area contributed by atoms with Gasteiger partial charge in [0.25, 0.3) is 5.91 Å². The van der Waals surface area contributed by atoms with E-state index in [4.69, 9.17) is 4.74 Å². The van der Waals surface area contributed by atoms with Gasteiger partial charge in [0.1, 0.15) is 5.75 Å². The maximum atomic E-state index is 12.6. The molecule has 0 N–H and O–H groups in total. The molecular weight excluding hydrogens is 286 g/mol. The minimum absolute atomic E-state index is 0.118. The molecule has 118 valence electrons. The molecule has 1 heterocycles. The van der Waals surface area contributed by atoms with Crippen molar-refractivity contribution in [2.24, 2.45) is 0 Å². The van der Waals surface area contributed by atoms with Gasteiger partial charge in [-0.05, 0) is 42.7 Å². The lowest BCUT2D eigenvalue weighted by Crippen LogP contribution is -2.34. The molecule has 2 aromatic carbocycles. The fraction of sp³-hybridized carbons (Fsp3) is 0.250. The average molecular weight is 307 g/mol. The molecule has 1 atom stereocenters. The molecular formula is C20H21NO2. The number of likely N-dealkylation sites (tertiary alicyclic amines) is 1. The number of carbonyl (C=O) groups is 1. The van der Waals surface area contributed by atoms with Crippen molar-refractivity contribution in [2.45, 2.75) is 18.9 Å². The summed E-state index contributed by atoms with van der Waals surface area (Å²) in [5.74, 6) is 0.969. The zero-order valence-electron chi connectivity index (χ0n) is 13.3. The van der Waals surface area contributed by atoms with Gasteiger partial charge in [0, 0.05) is 12.1 Å². The number of nitrogens with zero attached hydrogens (tertiary/aromatic N) is 1. The Morgan fingerprint density at radius 2 is 1.87 bits per heavy atom. The molecule has 0 aliphatic carbocycles. The first-order valence-electron chi connectivity index (χ1n) is 7.96. The fourth-order valence-corrected chi connectivity index (χ4v) is 2.93. The van der Waals surface area contributed by atoms with Crippen LogP contribution in [0.5, 0.6) is 5.75 Å². The van der Waals surface area contributed by atoms with Crippen LogP contribution in [-0.4, -0.2) is 30.5 Å². The molecule has 23 heavy (non-hydrogen) atoms. The summed E-state index contributed by atoms with van der Waals surface area (Å²) >= 11 is 0. The van der Waals surface area contributed by atoms with Crippen molar-refractivity contribution in [1.29, 1.82) is 0 Å². The summed E-state index contributed by atoms with van der Waals surface area (Å²) in [7, 11) is 1.66. The smallest absolute Gasteiger partial charge is 0.254 e. The largest absolute Gasteiger partial charge is 0.497 e. The standard InChI is InChI=1S/C20H21NO2/c1-23-19-13-10-16(11-14-19)9-12-18-8-5-15-21(18)20(22)17-6-3-2-4-7-17/h2-4,6-7,9-14,18H,5,8,15H2,1H3. The second-order valence-electron chi connectivity index (χ2n) is 5.71. The molecule has 1 amide bonds. The van der Waals surface area contributed by atoms with Gasteiger partial charge < -0.3 is 9.64 Å². The van der Waals surface area contributed by atoms with Gasteiger partial charge in [-0.15, -0.1) is 0 Å². The normalized spacial score (nSPS) is 17.6. The average Bonchev–Trinajstić information content (AvgIpc) is 3.09. The van der Waals surface area contributed by atoms with E-state index >= 15 is 0 Å². The van der Waals surface area contributed by atoms with E-state index in [0.717, 1.165) is 36.3 Å². The van der Waals surface area contributed by atoms with E-state index in [-0.39, 0.29) is 11.9 Å². The third kappa shape index (κ3) is 3.62. The van der Waals surface area contributed by atoms with Gasteiger partial charge in [0.2, 0.25) is 0 Å². The number of amides is 1. The van der Waals surface area contributed by atoms with E-state index in [1.165, 1.54) is 0 Å². The Morgan fingerprint density at radius 3 is 2.57 bits per heavy atom. The molecule has 1 unspecified atom stereocenters. The van der Waals surface area contributed by atoms with E-state index in [0.29, 0.717) is 0 Å². The summed E-state index contributed by atoms with van der Waals surface area (Å²) in [5.41, 5.74) is 1.88. The highest BCUT2D eigenvalue weighted by Crippen LogP contribution is 2.22. The van der Waals surface area contributed by atoms with Crippen molar-refractivity contribution in [1.82, 2.24) is 4.90 Å². The molecule has 0 aromatic heterocycles. The van der Waals surface area contributed by atoms with E-state index < -0.39 is 0 Å². The fourth-order valence-electron chi connectivity index (χ4n) is 2.93. The van der Waals surface area contributed by atoms with Gasteiger partial charge >= 0.3 is 0 Å². The van der Waals surface area contributed by atoms with Crippen molar-refractivity contribution in [3.63, 3.8) is 0 Å². The SMILES string of the molecule is COc1ccc(C=CC2CCCN2C(=O)c2ccccc2)cc1. The zero-order chi connectivity index (χ0) is 16.1. The van der Waals surface area contributed by atoms with Gasteiger partial charge in [-0.25, -0.2) is 0 Å². The highest BCUT2D eigenvalue weighted by molar-refractivity contribution is 5.94. The summed E-state index contributed by atoms with van der Waals surface area (Å²) in [4.78, 5) is 14.6. The summed E-state index contributed by atoms with van der Waals surface area (Å²) < 4.78 is 5.17.